The summed E-state index contributed by atoms with van der Waals surface area (Å²) in [7, 11) is 0. The Morgan fingerprint density at radius 2 is 1.12 bits per heavy atom. The molecule has 0 radical (unpaired) electrons. The fourth-order valence-corrected chi connectivity index (χ4v) is 5.33. The smallest absolute Gasteiger partial charge is 0.187 e. The maximum atomic E-state index is 7.19. The number of fused-ring (bicyclic) bond motifs is 3. The van der Waals surface area contributed by atoms with E-state index < -0.39 is 5.41 Å². The van der Waals surface area contributed by atoms with Crippen LogP contribution in [0.5, 0.6) is 0 Å². The molecule has 0 spiro atoms. The largest absolute Gasteiger partial charge is 0.356 e. The Morgan fingerprint density at radius 3 is 1.76 bits per heavy atom. The molecule has 0 atom stereocenters. The predicted molar refractivity (Wildman–Crippen MR) is 140 cm³/mol. The molecule has 1 N–H and O–H groups in total. The van der Waals surface area contributed by atoms with E-state index in [9.17, 15) is 0 Å². The highest BCUT2D eigenvalue weighted by Crippen LogP contribution is 2.56. The molecule has 5 aromatic carbocycles. The van der Waals surface area contributed by atoms with Gasteiger partial charge in [-0.05, 0) is 57.6 Å². The fraction of sp³-hybridized carbons (Fsp3) is 0.0312. The third-order valence-electron chi connectivity index (χ3n) is 6.74. The van der Waals surface area contributed by atoms with Crippen molar-refractivity contribution in [1.82, 2.24) is 0 Å². The SMILES string of the molecule is [C-]#[N+]c1ccc(Nc2cccc(C3(c4ccccc4)c4ccccc4-c4ccccc43)c2)cc1. The summed E-state index contributed by atoms with van der Waals surface area (Å²) in [4.78, 5) is 3.49. The summed E-state index contributed by atoms with van der Waals surface area (Å²) < 4.78 is 0. The highest BCUT2D eigenvalue weighted by atomic mass is 14.9. The van der Waals surface area contributed by atoms with Crippen LogP contribution in [-0.4, -0.2) is 0 Å². The number of benzene rings is 5. The molecule has 0 heterocycles. The molecular formula is C32H22N2. The van der Waals surface area contributed by atoms with Crippen molar-refractivity contribution >= 4 is 17.1 Å². The molecule has 0 fully saturated rings. The average molecular weight is 435 g/mol. The molecule has 0 saturated carbocycles. The number of nitrogens with one attached hydrogen (secondary N) is 1. The molecular weight excluding hydrogens is 412 g/mol. The van der Waals surface area contributed by atoms with Gasteiger partial charge in [-0.25, -0.2) is 4.85 Å². The lowest BCUT2D eigenvalue weighted by atomic mass is 9.67. The van der Waals surface area contributed by atoms with Crippen LogP contribution in [0.1, 0.15) is 22.3 Å². The van der Waals surface area contributed by atoms with Crippen molar-refractivity contribution in [3.05, 3.63) is 161 Å². The Labute approximate surface area is 200 Å². The van der Waals surface area contributed by atoms with Gasteiger partial charge in [-0.1, -0.05) is 103 Å². The van der Waals surface area contributed by atoms with Gasteiger partial charge in [0.2, 0.25) is 0 Å². The van der Waals surface area contributed by atoms with E-state index in [2.05, 4.69) is 113 Å². The number of hydrogen-bond acceptors (Lipinski definition) is 1. The Hall–Kier alpha value is -4.61. The standard InChI is InChI=1S/C32H22N2/c1-33-25-18-20-26(21-19-25)34-27-13-9-12-24(22-27)32(23-10-3-2-4-11-23)30-16-7-5-14-28(30)29-15-6-8-17-31(29)32/h2-22,34H. The number of rotatable bonds is 4. The molecule has 0 bridgehead atoms. The molecule has 34 heavy (non-hydrogen) atoms. The van der Waals surface area contributed by atoms with Crippen LogP contribution in [0.15, 0.2) is 127 Å². The van der Waals surface area contributed by atoms with E-state index in [0.717, 1.165) is 11.4 Å². The van der Waals surface area contributed by atoms with Gasteiger partial charge in [0.25, 0.3) is 0 Å². The summed E-state index contributed by atoms with van der Waals surface area (Å²) in [6.45, 7) is 7.19. The van der Waals surface area contributed by atoms with E-state index in [1.165, 1.54) is 33.4 Å². The van der Waals surface area contributed by atoms with E-state index in [1.807, 2.05) is 24.3 Å². The first-order valence-corrected chi connectivity index (χ1v) is 11.4. The van der Waals surface area contributed by atoms with Gasteiger partial charge in [-0.2, -0.15) is 0 Å². The molecule has 0 unspecified atom stereocenters. The summed E-state index contributed by atoms with van der Waals surface area (Å²) in [5, 5.41) is 3.53. The first-order chi connectivity index (χ1) is 16.8. The van der Waals surface area contributed by atoms with Crippen molar-refractivity contribution in [2.45, 2.75) is 5.41 Å². The van der Waals surface area contributed by atoms with Crippen molar-refractivity contribution in [2.75, 3.05) is 5.32 Å². The minimum absolute atomic E-state index is 0.403. The van der Waals surface area contributed by atoms with Crippen LogP contribution < -0.4 is 5.32 Å². The van der Waals surface area contributed by atoms with E-state index >= 15 is 0 Å². The quantitative estimate of drug-likeness (QED) is 0.276. The van der Waals surface area contributed by atoms with Crippen molar-refractivity contribution in [3.63, 3.8) is 0 Å². The Balaban J connectivity index is 1.57. The molecule has 6 rings (SSSR count). The predicted octanol–water partition coefficient (Wildman–Crippen LogP) is 8.34. The van der Waals surface area contributed by atoms with Crippen molar-refractivity contribution in [3.8, 4) is 11.1 Å². The second-order valence-corrected chi connectivity index (χ2v) is 8.57. The normalized spacial score (nSPS) is 12.9. The van der Waals surface area contributed by atoms with Gasteiger partial charge in [0.1, 0.15) is 0 Å². The summed E-state index contributed by atoms with van der Waals surface area (Å²) in [6, 6.07) is 44.7. The first-order valence-electron chi connectivity index (χ1n) is 11.4. The Morgan fingerprint density at radius 1 is 0.529 bits per heavy atom. The van der Waals surface area contributed by atoms with Crippen LogP contribution >= 0.6 is 0 Å². The van der Waals surface area contributed by atoms with E-state index in [4.69, 9.17) is 6.57 Å². The second-order valence-electron chi connectivity index (χ2n) is 8.57. The van der Waals surface area contributed by atoms with Crippen LogP contribution in [0.3, 0.4) is 0 Å². The highest BCUT2D eigenvalue weighted by Gasteiger charge is 2.45. The second kappa shape index (κ2) is 8.06. The zero-order valence-corrected chi connectivity index (χ0v) is 18.6. The molecule has 0 saturated heterocycles. The van der Waals surface area contributed by atoms with Crippen molar-refractivity contribution < 1.29 is 0 Å². The highest BCUT2D eigenvalue weighted by molar-refractivity contribution is 5.86. The number of hydrogen-bond donors (Lipinski definition) is 1. The van der Waals surface area contributed by atoms with Crippen LogP contribution in [0.25, 0.3) is 16.0 Å². The summed E-state index contributed by atoms with van der Waals surface area (Å²) in [6.07, 6.45) is 0. The van der Waals surface area contributed by atoms with Crippen LogP contribution in [0.2, 0.25) is 0 Å². The van der Waals surface area contributed by atoms with Gasteiger partial charge < -0.3 is 5.32 Å². The molecule has 0 aliphatic heterocycles. The van der Waals surface area contributed by atoms with Crippen LogP contribution in [0.4, 0.5) is 17.1 Å². The van der Waals surface area contributed by atoms with Gasteiger partial charge >= 0.3 is 0 Å². The Kier molecular flexibility index (Phi) is 4.75. The van der Waals surface area contributed by atoms with Crippen LogP contribution in [-0.2, 0) is 5.41 Å². The van der Waals surface area contributed by atoms with Gasteiger partial charge in [0.15, 0.2) is 5.69 Å². The molecule has 1 aliphatic carbocycles. The van der Waals surface area contributed by atoms with Gasteiger partial charge in [0, 0.05) is 11.4 Å². The van der Waals surface area contributed by atoms with Crippen molar-refractivity contribution in [1.29, 1.82) is 0 Å². The summed E-state index contributed by atoms with van der Waals surface area (Å²) in [5.41, 5.74) is 9.88. The number of nitrogens with zero attached hydrogens (tertiary/aromatic N) is 1. The average Bonchev–Trinajstić information content (AvgIpc) is 3.21. The third kappa shape index (κ3) is 3.03. The minimum Gasteiger partial charge on any atom is -0.356 e. The summed E-state index contributed by atoms with van der Waals surface area (Å²) >= 11 is 0. The lowest BCUT2D eigenvalue weighted by Crippen LogP contribution is -2.28. The molecule has 160 valence electrons. The van der Waals surface area contributed by atoms with Crippen LogP contribution in [0, 0.1) is 6.57 Å². The van der Waals surface area contributed by atoms with Gasteiger partial charge in [0.05, 0.1) is 12.0 Å². The van der Waals surface area contributed by atoms with E-state index in [-0.39, 0.29) is 0 Å². The maximum Gasteiger partial charge on any atom is 0.187 e. The zero-order valence-electron chi connectivity index (χ0n) is 18.6. The number of anilines is 2. The monoisotopic (exact) mass is 434 g/mol. The maximum absolute atomic E-state index is 7.19. The lowest BCUT2D eigenvalue weighted by Gasteiger charge is -2.34. The topological polar surface area (TPSA) is 16.4 Å². The van der Waals surface area contributed by atoms with Crippen molar-refractivity contribution in [2.24, 2.45) is 0 Å². The molecule has 5 aromatic rings. The Bertz CT molecular complexity index is 1480. The lowest BCUT2D eigenvalue weighted by molar-refractivity contribution is 0.769. The fourth-order valence-electron chi connectivity index (χ4n) is 5.33. The molecule has 0 amide bonds. The van der Waals surface area contributed by atoms with E-state index in [1.54, 1.807) is 0 Å². The first kappa shape index (κ1) is 20.0. The third-order valence-corrected chi connectivity index (χ3v) is 6.74. The summed E-state index contributed by atoms with van der Waals surface area (Å²) in [5.74, 6) is 0. The minimum atomic E-state index is -0.403. The molecule has 0 aromatic heterocycles. The van der Waals surface area contributed by atoms with E-state index in [0.29, 0.717) is 5.69 Å². The molecule has 1 aliphatic rings. The zero-order chi connectivity index (χ0) is 23.0. The molecule has 2 heteroatoms. The van der Waals surface area contributed by atoms with Gasteiger partial charge in [-0.3, -0.25) is 0 Å². The van der Waals surface area contributed by atoms with Gasteiger partial charge in [-0.15, -0.1) is 0 Å². The molecule has 2 nitrogen and oxygen atoms in total.